The van der Waals surface area contributed by atoms with E-state index in [0.29, 0.717) is 13.0 Å². The highest BCUT2D eigenvalue weighted by Crippen LogP contribution is 2.26. The molecule has 2 fully saturated rings. The van der Waals surface area contributed by atoms with Crippen molar-refractivity contribution in [2.75, 3.05) is 33.0 Å². The van der Waals surface area contributed by atoms with Crippen LogP contribution >= 0.6 is 0 Å². The zero-order valence-electron chi connectivity index (χ0n) is 39.9. The first-order valence-corrected chi connectivity index (χ1v) is 24.7. The highest BCUT2D eigenvalue weighted by Gasteiger charge is 2.47. The maximum absolute atomic E-state index is 12.9. The van der Waals surface area contributed by atoms with E-state index in [9.17, 15) is 40.5 Å². The summed E-state index contributed by atoms with van der Waals surface area (Å²) in [6.45, 7) is 3.39. The van der Waals surface area contributed by atoms with Gasteiger partial charge in [-0.25, -0.2) is 0 Å². The lowest BCUT2D eigenvalue weighted by Gasteiger charge is -2.42. The number of hydrogen-bond acceptors (Lipinski definition) is 14. The molecule has 2 saturated heterocycles. The molecule has 0 aromatic carbocycles. The second-order valence-corrected chi connectivity index (χ2v) is 16.9. The van der Waals surface area contributed by atoms with E-state index in [1.54, 1.807) is 0 Å². The van der Waals surface area contributed by atoms with Crippen molar-refractivity contribution in [3.8, 4) is 0 Å². The molecule has 0 aliphatic carbocycles. The molecule has 0 amide bonds. The Kier molecular flexibility index (Phi) is 35.1. The molecule has 11 atom stereocenters. The minimum Gasteiger partial charge on any atom is -0.457 e. The topological polar surface area (TPSA) is 214 Å². The molecule has 0 aromatic heterocycles. The van der Waals surface area contributed by atoms with E-state index in [1.165, 1.54) is 25.7 Å². The van der Waals surface area contributed by atoms with Gasteiger partial charge in [0.2, 0.25) is 0 Å². The maximum atomic E-state index is 12.9. The summed E-state index contributed by atoms with van der Waals surface area (Å²) in [4.78, 5) is 12.9. The highest BCUT2D eigenvalue weighted by molar-refractivity contribution is 5.69. The fraction of sp³-hybridized carbons (Fsp3) is 0.712. The lowest BCUT2D eigenvalue weighted by Crippen LogP contribution is -2.61. The number of allylic oxidation sites excluding steroid dienone is 14. The van der Waals surface area contributed by atoms with Crippen molar-refractivity contribution in [1.29, 1.82) is 0 Å². The second kappa shape index (κ2) is 39.1. The molecule has 11 unspecified atom stereocenters. The normalized spacial score (nSPS) is 27.0. The minimum absolute atomic E-state index is 0.0271. The van der Waals surface area contributed by atoms with Crippen molar-refractivity contribution >= 4 is 5.97 Å². The van der Waals surface area contributed by atoms with E-state index in [1.807, 2.05) is 0 Å². The second-order valence-electron chi connectivity index (χ2n) is 16.9. The van der Waals surface area contributed by atoms with Crippen molar-refractivity contribution < 1.29 is 69.0 Å². The number of ether oxygens (including phenoxy) is 6. The summed E-state index contributed by atoms with van der Waals surface area (Å²) in [6, 6.07) is 0. The van der Waals surface area contributed by atoms with Gasteiger partial charge in [-0.05, 0) is 70.6 Å². The van der Waals surface area contributed by atoms with Crippen LogP contribution in [0.25, 0.3) is 0 Å². The van der Waals surface area contributed by atoms with Crippen LogP contribution in [0.1, 0.15) is 136 Å². The van der Waals surface area contributed by atoms with E-state index in [4.69, 9.17) is 28.4 Å². The number of esters is 1. The minimum atomic E-state index is -1.72. The Labute approximate surface area is 395 Å². The van der Waals surface area contributed by atoms with Gasteiger partial charge in [0.1, 0.15) is 54.9 Å². The third-order valence-corrected chi connectivity index (χ3v) is 11.2. The molecular formula is C52H86O14. The Bertz CT molecular complexity index is 1410. The predicted octanol–water partition coefficient (Wildman–Crippen LogP) is 6.90. The molecule has 0 aromatic rings. The van der Waals surface area contributed by atoms with E-state index in [2.05, 4.69) is 98.9 Å². The molecule has 0 bridgehead atoms. The average molecular weight is 935 g/mol. The van der Waals surface area contributed by atoms with Crippen LogP contribution in [0.3, 0.4) is 0 Å². The summed E-state index contributed by atoms with van der Waals surface area (Å²) in [7, 11) is 0. The molecule has 66 heavy (non-hydrogen) atoms. The van der Waals surface area contributed by atoms with Crippen LogP contribution in [-0.2, 0) is 33.2 Å². The fourth-order valence-corrected chi connectivity index (χ4v) is 7.14. The van der Waals surface area contributed by atoms with Gasteiger partial charge in [-0.1, -0.05) is 144 Å². The monoisotopic (exact) mass is 935 g/mol. The number of carbonyl (C=O) groups is 1. The van der Waals surface area contributed by atoms with Crippen LogP contribution in [0.5, 0.6) is 0 Å². The lowest BCUT2D eigenvalue weighted by molar-refractivity contribution is -0.332. The molecule has 2 aliphatic rings. The molecule has 14 heteroatoms. The largest absolute Gasteiger partial charge is 0.457 e. The quantitative estimate of drug-likeness (QED) is 0.0192. The van der Waals surface area contributed by atoms with Crippen molar-refractivity contribution in [3.05, 3.63) is 85.1 Å². The van der Waals surface area contributed by atoms with Gasteiger partial charge in [0.05, 0.1) is 26.4 Å². The first kappa shape index (κ1) is 59.3. The smallest absolute Gasteiger partial charge is 0.306 e. The van der Waals surface area contributed by atoms with Gasteiger partial charge >= 0.3 is 5.97 Å². The number of carbonyl (C=O) groups excluding carboxylic acids is 1. The van der Waals surface area contributed by atoms with E-state index >= 15 is 0 Å². The van der Waals surface area contributed by atoms with Crippen molar-refractivity contribution in [1.82, 2.24) is 0 Å². The summed E-state index contributed by atoms with van der Waals surface area (Å²) in [5.74, 6) is -0.401. The molecular weight excluding hydrogens is 849 g/mol. The van der Waals surface area contributed by atoms with Gasteiger partial charge < -0.3 is 64.2 Å². The SMILES string of the molecule is CC/C=C\C/C=C\C/C=C\C/C=C\C/C=C\C/C=C\C/C=C\CCCCOCC(COC1OC(COC2OC(CO)C(O)C(O)C2O)C(O)C(O)C1O)OC(=O)CCCCCCCCCC. The highest BCUT2D eigenvalue weighted by atomic mass is 16.7. The predicted molar refractivity (Wildman–Crippen MR) is 256 cm³/mol. The first-order chi connectivity index (χ1) is 32.1. The molecule has 2 aliphatic heterocycles. The molecule has 2 rings (SSSR count). The fourth-order valence-electron chi connectivity index (χ4n) is 7.14. The Morgan fingerprint density at radius 1 is 0.515 bits per heavy atom. The summed E-state index contributed by atoms with van der Waals surface area (Å²) in [5, 5.41) is 71.9. The van der Waals surface area contributed by atoms with Crippen molar-refractivity contribution in [3.63, 3.8) is 0 Å². The van der Waals surface area contributed by atoms with Crippen LogP contribution in [-0.4, -0.2) is 142 Å². The van der Waals surface area contributed by atoms with E-state index in [-0.39, 0.29) is 19.6 Å². The van der Waals surface area contributed by atoms with Crippen LogP contribution in [0.15, 0.2) is 85.1 Å². The van der Waals surface area contributed by atoms with Gasteiger partial charge in [-0.15, -0.1) is 0 Å². The average Bonchev–Trinajstić information content (AvgIpc) is 3.31. The Balaban J connectivity index is 1.75. The molecule has 0 saturated carbocycles. The van der Waals surface area contributed by atoms with Gasteiger partial charge in [-0.2, -0.15) is 0 Å². The number of rotatable bonds is 37. The molecule has 0 spiro atoms. The van der Waals surface area contributed by atoms with Gasteiger partial charge in [-0.3, -0.25) is 4.79 Å². The summed E-state index contributed by atoms with van der Waals surface area (Å²) in [5.41, 5.74) is 0. The lowest BCUT2D eigenvalue weighted by atomic mass is 9.98. The van der Waals surface area contributed by atoms with Crippen LogP contribution in [0.2, 0.25) is 0 Å². The molecule has 7 N–H and O–H groups in total. The van der Waals surface area contributed by atoms with Gasteiger partial charge in [0.15, 0.2) is 12.6 Å². The molecule has 378 valence electrons. The molecule has 14 nitrogen and oxygen atoms in total. The summed E-state index contributed by atoms with van der Waals surface area (Å²) >= 11 is 0. The third kappa shape index (κ3) is 26.6. The summed E-state index contributed by atoms with van der Waals surface area (Å²) in [6.07, 6.45) is 32.5. The Morgan fingerprint density at radius 3 is 1.52 bits per heavy atom. The molecule has 2 heterocycles. The third-order valence-electron chi connectivity index (χ3n) is 11.2. The maximum Gasteiger partial charge on any atom is 0.306 e. The van der Waals surface area contributed by atoms with E-state index in [0.717, 1.165) is 83.5 Å². The Morgan fingerprint density at radius 2 is 0.985 bits per heavy atom. The Hall–Kier alpha value is -2.83. The van der Waals surface area contributed by atoms with Crippen molar-refractivity contribution in [2.24, 2.45) is 0 Å². The molecule has 0 radical (unpaired) electrons. The zero-order valence-corrected chi connectivity index (χ0v) is 39.9. The van der Waals surface area contributed by atoms with Gasteiger partial charge in [0, 0.05) is 13.0 Å². The van der Waals surface area contributed by atoms with Crippen LogP contribution < -0.4 is 0 Å². The standard InChI is InChI=1S/C52H86O14/c1-3-5-7-9-11-13-14-15-16-17-18-19-20-21-22-23-24-25-26-27-28-30-32-34-36-61-38-41(64-44(54)35-33-31-29-12-10-8-6-4-2)39-62-51-50(60)48(58)46(56)43(66-51)40-63-52-49(59)47(57)45(55)42(37-53)65-52/h5,7,11,13,15-16,18-19,21-22,24-25,27-28,41-43,45-53,55-60H,3-4,6,8-10,12,14,17,20,23,26,29-40H2,1-2H3/b7-5-,13-11-,16-15-,19-18-,22-21-,25-24-,28-27-. The first-order valence-electron chi connectivity index (χ1n) is 24.7. The van der Waals surface area contributed by atoms with E-state index < -0.39 is 86.7 Å². The number of aliphatic hydroxyl groups is 7. The van der Waals surface area contributed by atoms with Gasteiger partial charge in [0.25, 0.3) is 0 Å². The number of unbranched alkanes of at least 4 members (excludes halogenated alkanes) is 9. The number of hydrogen-bond donors (Lipinski definition) is 7. The van der Waals surface area contributed by atoms with Crippen molar-refractivity contribution in [2.45, 2.75) is 203 Å². The zero-order chi connectivity index (χ0) is 48.0. The summed E-state index contributed by atoms with van der Waals surface area (Å²) < 4.78 is 34.1. The number of aliphatic hydroxyl groups excluding tert-OH is 7. The van der Waals surface area contributed by atoms with Crippen LogP contribution in [0, 0.1) is 0 Å². The van der Waals surface area contributed by atoms with Crippen LogP contribution in [0.4, 0.5) is 0 Å².